The van der Waals surface area contributed by atoms with Crippen molar-refractivity contribution in [3.63, 3.8) is 0 Å². The summed E-state index contributed by atoms with van der Waals surface area (Å²) in [5.74, 6) is 1.50. The maximum Gasteiger partial charge on any atom is 0.276 e. The second kappa shape index (κ2) is 11.9. The lowest BCUT2D eigenvalue weighted by molar-refractivity contribution is -0.124. The van der Waals surface area contributed by atoms with Gasteiger partial charge in [-0.2, -0.15) is 4.98 Å². The van der Waals surface area contributed by atoms with E-state index in [4.69, 9.17) is 14.4 Å². The number of amides is 1. The summed E-state index contributed by atoms with van der Waals surface area (Å²) in [6.45, 7) is 9.66. The molecule has 0 saturated carbocycles. The van der Waals surface area contributed by atoms with Crippen molar-refractivity contribution in [3.05, 3.63) is 46.6 Å². The number of carbonyl (C=O) groups is 1. The molecule has 35 heavy (non-hydrogen) atoms. The first-order valence-electron chi connectivity index (χ1n) is 11.8. The summed E-state index contributed by atoms with van der Waals surface area (Å²) < 4.78 is 11.4. The van der Waals surface area contributed by atoms with E-state index in [9.17, 15) is 9.90 Å². The van der Waals surface area contributed by atoms with E-state index in [1.807, 2.05) is 39.0 Å². The van der Waals surface area contributed by atoms with Gasteiger partial charge in [0, 0.05) is 17.8 Å². The van der Waals surface area contributed by atoms with Crippen molar-refractivity contribution >= 4 is 5.91 Å². The maximum absolute atomic E-state index is 11.1. The minimum Gasteiger partial charge on any atom is -0.490 e. The summed E-state index contributed by atoms with van der Waals surface area (Å²) in [6, 6.07) is 7.83. The SMILES string of the molecule is CCc1cc(-c2noc(-c3ccc(CC(C)C)c(C)n3)n2)cc(C)c1OC[C@@H](O)CNC(=O)CO. The number of aliphatic hydroxyl groups is 2. The van der Waals surface area contributed by atoms with Crippen molar-refractivity contribution in [2.45, 2.75) is 53.6 Å². The average molecular weight is 483 g/mol. The molecule has 0 saturated heterocycles. The Morgan fingerprint density at radius 3 is 2.60 bits per heavy atom. The van der Waals surface area contributed by atoms with Gasteiger partial charge in [-0.25, -0.2) is 4.98 Å². The van der Waals surface area contributed by atoms with Crippen LogP contribution >= 0.6 is 0 Å². The normalized spacial score (nSPS) is 12.1. The molecule has 0 aliphatic heterocycles. The Kier molecular flexibility index (Phi) is 8.95. The van der Waals surface area contributed by atoms with Crippen molar-refractivity contribution in [1.82, 2.24) is 20.4 Å². The molecule has 3 N–H and O–H groups in total. The third kappa shape index (κ3) is 6.86. The van der Waals surface area contributed by atoms with Gasteiger partial charge in [-0.15, -0.1) is 0 Å². The fourth-order valence-electron chi connectivity index (χ4n) is 3.78. The van der Waals surface area contributed by atoms with Gasteiger partial charge in [0.2, 0.25) is 11.7 Å². The molecule has 0 aliphatic carbocycles. The lowest BCUT2D eigenvalue weighted by atomic mass is 10.0. The number of benzene rings is 1. The Balaban J connectivity index is 1.76. The van der Waals surface area contributed by atoms with Crippen LogP contribution in [0, 0.1) is 19.8 Å². The molecule has 9 nitrogen and oxygen atoms in total. The number of rotatable bonds is 11. The molecule has 0 bridgehead atoms. The van der Waals surface area contributed by atoms with Crippen LogP contribution in [0.15, 0.2) is 28.8 Å². The molecule has 188 valence electrons. The fraction of sp³-hybridized carbons (Fsp3) is 0.462. The summed E-state index contributed by atoms with van der Waals surface area (Å²) in [4.78, 5) is 20.4. The summed E-state index contributed by atoms with van der Waals surface area (Å²) >= 11 is 0. The van der Waals surface area contributed by atoms with Gasteiger partial charge in [0.15, 0.2) is 0 Å². The highest BCUT2D eigenvalue weighted by atomic mass is 16.5. The second-order valence-corrected chi connectivity index (χ2v) is 9.02. The number of carbonyl (C=O) groups excluding carboxylic acids is 1. The van der Waals surface area contributed by atoms with Crippen LogP contribution in [-0.4, -0.2) is 57.1 Å². The molecular formula is C26H34N4O5. The topological polar surface area (TPSA) is 131 Å². The first-order chi connectivity index (χ1) is 16.7. The molecule has 0 fully saturated rings. The lowest BCUT2D eigenvalue weighted by Crippen LogP contribution is -2.36. The number of aromatic nitrogens is 3. The number of ether oxygens (including phenoxy) is 1. The molecule has 0 spiro atoms. The Labute approximate surface area is 205 Å². The summed E-state index contributed by atoms with van der Waals surface area (Å²) in [6.07, 6.45) is 0.761. The molecule has 2 aromatic heterocycles. The maximum atomic E-state index is 11.1. The Morgan fingerprint density at radius 2 is 1.94 bits per heavy atom. The molecule has 2 heterocycles. The van der Waals surface area contributed by atoms with Gasteiger partial charge in [-0.05, 0) is 67.5 Å². The van der Waals surface area contributed by atoms with Crippen LogP contribution in [0.2, 0.25) is 0 Å². The van der Waals surface area contributed by atoms with Gasteiger partial charge >= 0.3 is 0 Å². The van der Waals surface area contributed by atoms with Crippen molar-refractivity contribution in [2.75, 3.05) is 19.8 Å². The standard InChI is InChI=1S/C26H34N4O5/c1-6-18-11-20(10-16(4)24(18)34-14-21(32)12-27-23(33)13-31)25-29-26(35-30-25)22-8-7-19(9-15(2)3)17(5)28-22/h7-8,10-11,15,21,31-32H,6,9,12-14H2,1-5H3,(H,27,33)/t21-/m0/s1. The second-order valence-electron chi connectivity index (χ2n) is 9.02. The summed E-state index contributed by atoms with van der Waals surface area (Å²) in [5.41, 5.74) is 5.41. The van der Waals surface area contributed by atoms with E-state index < -0.39 is 18.6 Å². The van der Waals surface area contributed by atoms with Crippen LogP contribution in [0.4, 0.5) is 0 Å². The molecule has 1 aromatic carbocycles. The van der Waals surface area contributed by atoms with Crippen LogP contribution in [0.1, 0.15) is 43.2 Å². The van der Waals surface area contributed by atoms with E-state index in [0.717, 1.165) is 28.8 Å². The molecule has 1 atom stereocenters. The highest BCUT2D eigenvalue weighted by Gasteiger charge is 2.17. The van der Waals surface area contributed by atoms with Crippen molar-refractivity contribution in [2.24, 2.45) is 5.92 Å². The van der Waals surface area contributed by atoms with E-state index in [2.05, 4.69) is 40.4 Å². The third-order valence-electron chi connectivity index (χ3n) is 5.56. The zero-order chi connectivity index (χ0) is 25.5. The predicted octanol–water partition coefficient (Wildman–Crippen LogP) is 3.02. The number of nitrogens with one attached hydrogen (secondary N) is 1. The molecule has 3 aromatic rings. The van der Waals surface area contributed by atoms with E-state index in [1.165, 1.54) is 5.56 Å². The highest BCUT2D eigenvalue weighted by Crippen LogP contribution is 2.31. The van der Waals surface area contributed by atoms with Gasteiger partial charge < -0.3 is 24.8 Å². The van der Waals surface area contributed by atoms with Crippen LogP contribution in [0.25, 0.3) is 23.0 Å². The van der Waals surface area contributed by atoms with Gasteiger partial charge in [0.1, 0.15) is 30.8 Å². The lowest BCUT2D eigenvalue weighted by Gasteiger charge is -2.17. The predicted molar refractivity (Wildman–Crippen MR) is 132 cm³/mol. The fourth-order valence-corrected chi connectivity index (χ4v) is 3.78. The quantitative estimate of drug-likeness (QED) is 0.380. The van der Waals surface area contributed by atoms with Crippen LogP contribution in [0.5, 0.6) is 5.75 Å². The molecule has 0 radical (unpaired) electrons. The number of hydrogen-bond acceptors (Lipinski definition) is 8. The zero-order valence-electron chi connectivity index (χ0n) is 21.0. The van der Waals surface area contributed by atoms with Crippen molar-refractivity contribution < 1.29 is 24.3 Å². The first-order valence-corrected chi connectivity index (χ1v) is 11.8. The Bertz CT molecular complexity index is 1160. The monoisotopic (exact) mass is 482 g/mol. The largest absolute Gasteiger partial charge is 0.490 e. The zero-order valence-corrected chi connectivity index (χ0v) is 21.0. The average Bonchev–Trinajstić information content (AvgIpc) is 3.32. The van der Waals surface area contributed by atoms with E-state index in [0.29, 0.717) is 35.5 Å². The van der Waals surface area contributed by atoms with Crippen molar-refractivity contribution in [3.8, 4) is 28.7 Å². The summed E-state index contributed by atoms with van der Waals surface area (Å²) in [7, 11) is 0. The van der Waals surface area contributed by atoms with Gasteiger partial charge in [-0.3, -0.25) is 4.79 Å². The number of hydrogen-bond donors (Lipinski definition) is 3. The minimum absolute atomic E-state index is 0.00305. The molecular weight excluding hydrogens is 448 g/mol. The molecule has 9 heteroatoms. The number of aryl methyl sites for hydroxylation is 3. The number of nitrogens with zero attached hydrogens (tertiary/aromatic N) is 3. The molecule has 0 unspecified atom stereocenters. The molecule has 3 rings (SSSR count). The van der Waals surface area contributed by atoms with Gasteiger partial charge in [-0.1, -0.05) is 32.0 Å². The number of aliphatic hydroxyl groups excluding tert-OH is 2. The molecule has 1 amide bonds. The van der Waals surface area contributed by atoms with Crippen LogP contribution in [0.3, 0.4) is 0 Å². The van der Waals surface area contributed by atoms with Crippen LogP contribution in [-0.2, 0) is 17.6 Å². The third-order valence-corrected chi connectivity index (χ3v) is 5.56. The Morgan fingerprint density at radius 1 is 1.17 bits per heavy atom. The van der Waals surface area contributed by atoms with Crippen molar-refractivity contribution in [1.29, 1.82) is 0 Å². The smallest absolute Gasteiger partial charge is 0.276 e. The minimum atomic E-state index is -0.906. The van der Waals surface area contributed by atoms with Crippen LogP contribution < -0.4 is 10.1 Å². The van der Waals surface area contributed by atoms with E-state index >= 15 is 0 Å². The Hall–Kier alpha value is -3.30. The van der Waals surface area contributed by atoms with E-state index in [1.54, 1.807) is 0 Å². The highest BCUT2D eigenvalue weighted by molar-refractivity contribution is 5.76. The number of pyridine rings is 1. The van der Waals surface area contributed by atoms with E-state index in [-0.39, 0.29) is 13.2 Å². The summed E-state index contributed by atoms with van der Waals surface area (Å²) in [5, 5.41) is 25.4. The van der Waals surface area contributed by atoms with Gasteiger partial charge in [0.25, 0.3) is 5.89 Å². The van der Waals surface area contributed by atoms with Gasteiger partial charge in [0.05, 0.1) is 0 Å². The molecule has 0 aliphatic rings. The first kappa shape index (κ1) is 26.3.